The fourth-order valence-electron chi connectivity index (χ4n) is 3.39. The highest BCUT2D eigenvalue weighted by Crippen LogP contribution is 2.25. The minimum absolute atomic E-state index is 0.116. The number of aromatic nitrogens is 3. The summed E-state index contributed by atoms with van der Waals surface area (Å²) in [6.07, 6.45) is 3.83. The quantitative estimate of drug-likeness (QED) is 0.946. The molecule has 5 nitrogen and oxygen atoms in total. The SMILES string of the molecule is CCc1cc(=O)[nH]c(-c2ccc(N3C[C@H](C)C[C@H](C)C3)nc2)n1. The molecule has 1 saturated heterocycles. The van der Waals surface area contributed by atoms with Crippen LogP contribution in [0.4, 0.5) is 5.82 Å². The van der Waals surface area contributed by atoms with Crippen LogP contribution in [0.15, 0.2) is 29.2 Å². The molecule has 3 rings (SSSR count). The molecule has 122 valence electrons. The van der Waals surface area contributed by atoms with Gasteiger partial charge < -0.3 is 9.88 Å². The van der Waals surface area contributed by atoms with E-state index in [0.29, 0.717) is 17.7 Å². The number of nitrogens with one attached hydrogen (secondary N) is 1. The van der Waals surface area contributed by atoms with E-state index in [-0.39, 0.29) is 5.56 Å². The summed E-state index contributed by atoms with van der Waals surface area (Å²) in [5.74, 6) is 2.98. The maximum absolute atomic E-state index is 11.7. The average Bonchev–Trinajstić information content (AvgIpc) is 2.53. The van der Waals surface area contributed by atoms with E-state index >= 15 is 0 Å². The van der Waals surface area contributed by atoms with Gasteiger partial charge in [-0.2, -0.15) is 0 Å². The van der Waals surface area contributed by atoms with Gasteiger partial charge in [0.2, 0.25) is 0 Å². The first kappa shape index (κ1) is 15.7. The second kappa shape index (κ2) is 6.52. The van der Waals surface area contributed by atoms with Crippen molar-refractivity contribution in [3.8, 4) is 11.4 Å². The van der Waals surface area contributed by atoms with E-state index in [2.05, 4.69) is 33.7 Å². The molecule has 5 heteroatoms. The van der Waals surface area contributed by atoms with E-state index in [1.807, 2.05) is 19.1 Å². The number of hydrogen-bond acceptors (Lipinski definition) is 4. The smallest absolute Gasteiger partial charge is 0.251 e. The Morgan fingerprint density at radius 2 is 2.00 bits per heavy atom. The lowest BCUT2D eigenvalue weighted by Gasteiger charge is -2.35. The molecule has 1 fully saturated rings. The zero-order valence-corrected chi connectivity index (χ0v) is 14.0. The fraction of sp³-hybridized carbons (Fsp3) is 0.500. The molecule has 2 aromatic heterocycles. The zero-order valence-electron chi connectivity index (χ0n) is 14.0. The summed E-state index contributed by atoms with van der Waals surface area (Å²) < 4.78 is 0. The van der Waals surface area contributed by atoms with Crippen molar-refractivity contribution in [1.29, 1.82) is 0 Å². The van der Waals surface area contributed by atoms with Crippen molar-refractivity contribution in [2.75, 3.05) is 18.0 Å². The van der Waals surface area contributed by atoms with Gasteiger partial charge in [-0.3, -0.25) is 4.79 Å². The molecular weight excluding hydrogens is 288 g/mol. The molecule has 0 aromatic carbocycles. The van der Waals surface area contributed by atoms with Gasteiger partial charge in [-0.25, -0.2) is 9.97 Å². The van der Waals surface area contributed by atoms with Crippen LogP contribution in [0.5, 0.6) is 0 Å². The first-order valence-electron chi connectivity index (χ1n) is 8.36. The highest BCUT2D eigenvalue weighted by atomic mass is 16.1. The minimum atomic E-state index is -0.116. The summed E-state index contributed by atoms with van der Waals surface area (Å²) in [6, 6.07) is 5.56. The van der Waals surface area contributed by atoms with Gasteiger partial charge in [-0.1, -0.05) is 20.8 Å². The third-order valence-corrected chi connectivity index (χ3v) is 4.37. The molecule has 1 aliphatic rings. The molecule has 2 atom stereocenters. The summed E-state index contributed by atoms with van der Waals surface area (Å²) in [7, 11) is 0. The first-order valence-corrected chi connectivity index (χ1v) is 8.36. The molecule has 0 amide bonds. The predicted octanol–water partition coefficient (Wildman–Crippen LogP) is 2.88. The van der Waals surface area contributed by atoms with Gasteiger partial charge >= 0.3 is 0 Å². The molecule has 1 aliphatic heterocycles. The van der Waals surface area contributed by atoms with Crippen molar-refractivity contribution in [2.45, 2.75) is 33.6 Å². The largest absolute Gasteiger partial charge is 0.356 e. The molecule has 0 radical (unpaired) electrons. The van der Waals surface area contributed by atoms with Crippen LogP contribution >= 0.6 is 0 Å². The van der Waals surface area contributed by atoms with Gasteiger partial charge in [0.25, 0.3) is 5.56 Å². The number of aryl methyl sites for hydroxylation is 1. The monoisotopic (exact) mass is 312 g/mol. The second-order valence-corrected chi connectivity index (χ2v) is 6.69. The van der Waals surface area contributed by atoms with Crippen molar-refractivity contribution in [2.24, 2.45) is 11.8 Å². The predicted molar refractivity (Wildman–Crippen MR) is 92.6 cm³/mol. The number of pyridine rings is 1. The van der Waals surface area contributed by atoms with Gasteiger partial charge in [-0.05, 0) is 36.8 Å². The molecule has 0 saturated carbocycles. The number of nitrogens with zero attached hydrogens (tertiary/aromatic N) is 3. The normalized spacial score (nSPS) is 21.4. The first-order chi connectivity index (χ1) is 11.0. The van der Waals surface area contributed by atoms with E-state index in [4.69, 9.17) is 0 Å². The van der Waals surface area contributed by atoms with Crippen LogP contribution in [-0.4, -0.2) is 28.0 Å². The van der Waals surface area contributed by atoms with E-state index in [0.717, 1.165) is 36.6 Å². The van der Waals surface area contributed by atoms with Crippen molar-refractivity contribution >= 4 is 5.82 Å². The fourth-order valence-corrected chi connectivity index (χ4v) is 3.39. The Morgan fingerprint density at radius 1 is 1.26 bits per heavy atom. The van der Waals surface area contributed by atoms with Gasteiger partial charge in [0.15, 0.2) is 0 Å². The van der Waals surface area contributed by atoms with E-state index in [9.17, 15) is 4.79 Å². The highest BCUT2D eigenvalue weighted by Gasteiger charge is 2.22. The number of anilines is 1. The minimum Gasteiger partial charge on any atom is -0.356 e. The van der Waals surface area contributed by atoms with Gasteiger partial charge in [-0.15, -0.1) is 0 Å². The molecule has 2 aromatic rings. The number of rotatable bonds is 3. The molecule has 0 aliphatic carbocycles. The van der Waals surface area contributed by atoms with Crippen LogP contribution in [0.25, 0.3) is 11.4 Å². The lowest BCUT2D eigenvalue weighted by atomic mass is 9.92. The highest BCUT2D eigenvalue weighted by molar-refractivity contribution is 5.56. The maximum Gasteiger partial charge on any atom is 0.251 e. The summed E-state index contributed by atoms with van der Waals surface area (Å²) in [5, 5.41) is 0. The maximum atomic E-state index is 11.7. The lowest BCUT2D eigenvalue weighted by Crippen LogP contribution is -2.39. The third kappa shape index (κ3) is 3.60. The van der Waals surface area contributed by atoms with E-state index in [1.165, 1.54) is 6.42 Å². The van der Waals surface area contributed by atoms with Crippen LogP contribution in [0.3, 0.4) is 0 Å². The van der Waals surface area contributed by atoms with Crippen LogP contribution < -0.4 is 10.5 Å². The molecular formula is C18H24N4O. The number of hydrogen-bond donors (Lipinski definition) is 1. The zero-order chi connectivity index (χ0) is 16.4. The van der Waals surface area contributed by atoms with Crippen LogP contribution in [0, 0.1) is 11.8 Å². The van der Waals surface area contributed by atoms with E-state index in [1.54, 1.807) is 12.3 Å². The molecule has 0 bridgehead atoms. The topological polar surface area (TPSA) is 61.9 Å². The molecule has 0 spiro atoms. The van der Waals surface area contributed by atoms with Crippen LogP contribution in [-0.2, 0) is 6.42 Å². The standard InChI is InChI=1S/C18H24N4O/c1-4-15-8-17(23)21-18(20-15)14-5-6-16(19-9-14)22-10-12(2)7-13(3)11-22/h5-6,8-9,12-13H,4,7,10-11H2,1-3H3,(H,20,21,23)/t12-,13+. The lowest BCUT2D eigenvalue weighted by molar-refractivity contribution is 0.355. The van der Waals surface area contributed by atoms with Crippen molar-refractivity contribution in [1.82, 2.24) is 15.0 Å². The van der Waals surface area contributed by atoms with Crippen molar-refractivity contribution in [3.63, 3.8) is 0 Å². The number of piperidine rings is 1. The summed E-state index contributed by atoms with van der Waals surface area (Å²) in [5.41, 5.74) is 1.53. The third-order valence-electron chi connectivity index (χ3n) is 4.37. The summed E-state index contributed by atoms with van der Waals surface area (Å²) >= 11 is 0. The van der Waals surface area contributed by atoms with Crippen LogP contribution in [0.2, 0.25) is 0 Å². The Kier molecular flexibility index (Phi) is 4.46. The Hall–Kier alpha value is -2.17. The van der Waals surface area contributed by atoms with E-state index < -0.39 is 0 Å². The molecule has 1 N–H and O–H groups in total. The second-order valence-electron chi connectivity index (χ2n) is 6.69. The molecule has 23 heavy (non-hydrogen) atoms. The van der Waals surface area contributed by atoms with Gasteiger partial charge in [0.1, 0.15) is 11.6 Å². The Labute approximate surface area is 136 Å². The Morgan fingerprint density at radius 3 is 2.61 bits per heavy atom. The average molecular weight is 312 g/mol. The van der Waals surface area contributed by atoms with Crippen molar-refractivity contribution in [3.05, 3.63) is 40.4 Å². The Bertz CT molecular complexity index is 713. The molecule has 3 heterocycles. The van der Waals surface area contributed by atoms with Crippen LogP contribution in [0.1, 0.15) is 32.9 Å². The summed E-state index contributed by atoms with van der Waals surface area (Å²) in [6.45, 7) is 8.68. The summed E-state index contributed by atoms with van der Waals surface area (Å²) in [4.78, 5) is 25.9. The Balaban J connectivity index is 1.85. The number of H-pyrrole nitrogens is 1. The van der Waals surface area contributed by atoms with Gasteiger partial charge in [0.05, 0.1) is 0 Å². The number of aromatic amines is 1. The van der Waals surface area contributed by atoms with Gasteiger partial charge in [0, 0.05) is 36.6 Å². The molecule has 0 unspecified atom stereocenters. The van der Waals surface area contributed by atoms with Crippen molar-refractivity contribution < 1.29 is 0 Å².